The number of anilines is 1. The van der Waals surface area contributed by atoms with Gasteiger partial charge in [0.2, 0.25) is 5.91 Å². The zero-order valence-electron chi connectivity index (χ0n) is 15.0. The van der Waals surface area contributed by atoms with Gasteiger partial charge in [0.25, 0.3) is 0 Å². The molecule has 0 bridgehead atoms. The number of carbonyl (C=O) groups excluding carboxylic acids is 1. The fraction of sp³-hybridized carbons (Fsp3) is 0.474. The zero-order chi connectivity index (χ0) is 17.5. The van der Waals surface area contributed by atoms with Gasteiger partial charge < -0.3 is 10.1 Å². The topological polar surface area (TPSA) is 56.1 Å². The predicted octanol–water partition coefficient (Wildman–Crippen LogP) is 3.70. The maximum absolute atomic E-state index is 12.7. The van der Waals surface area contributed by atoms with Gasteiger partial charge in [-0.15, -0.1) is 0 Å². The Bertz CT molecular complexity index is 758. The van der Waals surface area contributed by atoms with Crippen LogP contribution in [-0.2, 0) is 10.3 Å². The van der Waals surface area contributed by atoms with E-state index >= 15 is 0 Å². The standard InChI is InChI=1S/C19H25N3O2/c1-12-10-17(22(21-12)19(2,3)4)20-18(23)15-11-14(15)13-8-6-7-9-16(13)24-5/h6-10,14-15H,11H2,1-5H3,(H,20,23)/t14-,15+/m1/s1. The van der Waals surface area contributed by atoms with Crippen molar-refractivity contribution in [1.82, 2.24) is 9.78 Å². The maximum atomic E-state index is 12.7. The van der Waals surface area contributed by atoms with E-state index in [0.29, 0.717) is 0 Å². The number of rotatable bonds is 4. The largest absolute Gasteiger partial charge is 0.496 e. The van der Waals surface area contributed by atoms with E-state index in [0.717, 1.165) is 29.2 Å². The summed E-state index contributed by atoms with van der Waals surface area (Å²) in [6, 6.07) is 9.85. The first-order valence-electron chi connectivity index (χ1n) is 8.32. The van der Waals surface area contributed by atoms with Crippen LogP contribution in [0.25, 0.3) is 0 Å². The summed E-state index contributed by atoms with van der Waals surface area (Å²) in [5, 5.41) is 7.56. The number of nitrogens with one attached hydrogen (secondary N) is 1. The minimum atomic E-state index is -0.178. The molecule has 1 N–H and O–H groups in total. The predicted molar refractivity (Wildman–Crippen MR) is 94.4 cm³/mol. The summed E-state index contributed by atoms with van der Waals surface area (Å²) in [5.41, 5.74) is 1.83. The number of amides is 1. The second kappa shape index (κ2) is 5.96. The van der Waals surface area contributed by atoms with Gasteiger partial charge >= 0.3 is 0 Å². The molecule has 1 aliphatic rings. The van der Waals surface area contributed by atoms with E-state index in [-0.39, 0.29) is 23.3 Å². The monoisotopic (exact) mass is 327 g/mol. The number of hydrogen-bond donors (Lipinski definition) is 1. The third-order valence-corrected chi connectivity index (χ3v) is 4.38. The minimum absolute atomic E-state index is 0.00933. The van der Waals surface area contributed by atoms with Crippen LogP contribution in [0.5, 0.6) is 5.75 Å². The maximum Gasteiger partial charge on any atom is 0.229 e. The van der Waals surface area contributed by atoms with E-state index in [2.05, 4.69) is 31.2 Å². The molecule has 1 amide bonds. The molecule has 1 saturated carbocycles. The van der Waals surface area contributed by atoms with Crippen molar-refractivity contribution in [3.05, 3.63) is 41.6 Å². The molecule has 5 heteroatoms. The molecular weight excluding hydrogens is 302 g/mol. The lowest BCUT2D eigenvalue weighted by atomic mass is 10.1. The molecule has 3 rings (SSSR count). The number of aryl methyl sites for hydroxylation is 1. The molecule has 0 saturated heterocycles. The molecule has 1 aromatic carbocycles. The van der Waals surface area contributed by atoms with Crippen molar-refractivity contribution in [2.45, 2.75) is 45.6 Å². The molecule has 5 nitrogen and oxygen atoms in total. The van der Waals surface area contributed by atoms with Gasteiger partial charge in [0.15, 0.2) is 0 Å². The van der Waals surface area contributed by atoms with Gasteiger partial charge in [-0.25, -0.2) is 4.68 Å². The van der Waals surface area contributed by atoms with Crippen LogP contribution in [0.3, 0.4) is 0 Å². The lowest BCUT2D eigenvalue weighted by Crippen LogP contribution is -2.27. The molecule has 0 radical (unpaired) electrons. The Morgan fingerprint density at radius 1 is 1.33 bits per heavy atom. The Kier molecular flexibility index (Phi) is 4.11. The first-order valence-corrected chi connectivity index (χ1v) is 8.32. The van der Waals surface area contributed by atoms with E-state index in [1.807, 2.05) is 41.9 Å². The average Bonchev–Trinajstić information content (AvgIpc) is 3.23. The van der Waals surface area contributed by atoms with Crippen molar-refractivity contribution < 1.29 is 9.53 Å². The molecule has 2 atom stereocenters. The highest BCUT2D eigenvalue weighted by Gasteiger charge is 2.45. The summed E-state index contributed by atoms with van der Waals surface area (Å²) in [5.74, 6) is 1.89. The van der Waals surface area contributed by atoms with Crippen molar-refractivity contribution in [2.75, 3.05) is 12.4 Å². The Labute approximate surface area is 143 Å². The van der Waals surface area contributed by atoms with Crippen LogP contribution in [0, 0.1) is 12.8 Å². The fourth-order valence-electron chi connectivity index (χ4n) is 3.12. The molecule has 24 heavy (non-hydrogen) atoms. The van der Waals surface area contributed by atoms with Crippen molar-refractivity contribution in [2.24, 2.45) is 5.92 Å². The van der Waals surface area contributed by atoms with Crippen molar-refractivity contribution in [3.63, 3.8) is 0 Å². The molecule has 1 aliphatic carbocycles. The first-order chi connectivity index (χ1) is 11.3. The normalized spacial score (nSPS) is 19.9. The van der Waals surface area contributed by atoms with E-state index in [1.54, 1.807) is 7.11 Å². The number of para-hydroxylation sites is 1. The molecular formula is C19H25N3O2. The van der Waals surface area contributed by atoms with Crippen LogP contribution in [-0.4, -0.2) is 22.8 Å². The SMILES string of the molecule is COc1ccccc1[C@H]1C[C@@H]1C(=O)Nc1cc(C)nn1C(C)(C)C. The van der Waals surface area contributed by atoms with Gasteiger partial charge in [0.05, 0.1) is 18.3 Å². The van der Waals surface area contributed by atoms with Crippen molar-refractivity contribution in [1.29, 1.82) is 0 Å². The van der Waals surface area contributed by atoms with Gasteiger partial charge in [0, 0.05) is 12.0 Å². The Balaban J connectivity index is 1.74. The lowest BCUT2D eigenvalue weighted by molar-refractivity contribution is -0.117. The first kappa shape index (κ1) is 16.6. The number of hydrogen-bond acceptors (Lipinski definition) is 3. The van der Waals surface area contributed by atoms with Crippen LogP contribution in [0.4, 0.5) is 5.82 Å². The highest BCUT2D eigenvalue weighted by atomic mass is 16.5. The summed E-state index contributed by atoms with van der Waals surface area (Å²) < 4.78 is 7.29. The van der Waals surface area contributed by atoms with Crippen LogP contribution < -0.4 is 10.1 Å². The molecule has 1 aromatic heterocycles. The number of benzene rings is 1. The van der Waals surface area contributed by atoms with Gasteiger partial charge in [-0.2, -0.15) is 5.10 Å². The van der Waals surface area contributed by atoms with Crippen LogP contribution in [0.15, 0.2) is 30.3 Å². The average molecular weight is 327 g/mol. The molecule has 0 aliphatic heterocycles. The summed E-state index contributed by atoms with van der Waals surface area (Å²) in [6.07, 6.45) is 0.856. The number of aromatic nitrogens is 2. The van der Waals surface area contributed by atoms with Crippen molar-refractivity contribution >= 4 is 11.7 Å². The molecule has 1 heterocycles. The third-order valence-electron chi connectivity index (χ3n) is 4.38. The van der Waals surface area contributed by atoms with Gasteiger partial charge in [-0.05, 0) is 51.7 Å². The minimum Gasteiger partial charge on any atom is -0.496 e. The van der Waals surface area contributed by atoms with Crippen LogP contribution >= 0.6 is 0 Å². The summed E-state index contributed by atoms with van der Waals surface area (Å²) in [7, 11) is 1.67. The lowest BCUT2D eigenvalue weighted by Gasteiger charge is -2.22. The van der Waals surface area contributed by atoms with Gasteiger partial charge in [-0.1, -0.05) is 18.2 Å². The van der Waals surface area contributed by atoms with Crippen molar-refractivity contribution in [3.8, 4) is 5.75 Å². The van der Waals surface area contributed by atoms with Gasteiger partial charge in [-0.3, -0.25) is 4.79 Å². The Morgan fingerprint density at radius 2 is 2.04 bits per heavy atom. The third kappa shape index (κ3) is 3.16. The van der Waals surface area contributed by atoms with E-state index in [9.17, 15) is 4.79 Å². The highest BCUT2D eigenvalue weighted by molar-refractivity contribution is 5.94. The smallest absolute Gasteiger partial charge is 0.229 e. The molecule has 0 spiro atoms. The van der Waals surface area contributed by atoms with Crippen LogP contribution in [0.2, 0.25) is 0 Å². The number of ether oxygens (including phenoxy) is 1. The number of carbonyl (C=O) groups is 1. The van der Waals surface area contributed by atoms with Gasteiger partial charge in [0.1, 0.15) is 11.6 Å². The summed E-state index contributed by atoms with van der Waals surface area (Å²) in [4.78, 5) is 12.7. The Morgan fingerprint density at radius 3 is 2.71 bits per heavy atom. The molecule has 128 valence electrons. The summed E-state index contributed by atoms with van der Waals surface area (Å²) >= 11 is 0. The van der Waals surface area contributed by atoms with E-state index in [4.69, 9.17) is 4.74 Å². The highest BCUT2D eigenvalue weighted by Crippen LogP contribution is 2.50. The van der Waals surface area contributed by atoms with E-state index in [1.165, 1.54) is 0 Å². The molecule has 1 fully saturated rings. The summed E-state index contributed by atoms with van der Waals surface area (Å²) in [6.45, 7) is 8.16. The van der Waals surface area contributed by atoms with Crippen LogP contribution in [0.1, 0.15) is 44.4 Å². The molecule has 2 aromatic rings. The Hall–Kier alpha value is -2.30. The quantitative estimate of drug-likeness (QED) is 0.931. The second-order valence-electron chi connectivity index (χ2n) is 7.43. The van der Waals surface area contributed by atoms with E-state index < -0.39 is 0 Å². The second-order valence-corrected chi connectivity index (χ2v) is 7.43. The fourth-order valence-corrected chi connectivity index (χ4v) is 3.12. The zero-order valence-corrected chi connectivity index (χ0v) is 15.0. The number of nitrogens with zero attached hydrogens (tertiary/aromatic N) is 2. The number of methoxy groups -OCH3 is 1. The molecule has 0 unspecified atom stereocenters.